The van der Waals surface area contributed by atoms with Crippen LogP contribution in [0.3, 0.4) is 0 Å². The van der Waals surface area contributed by atoms with Crippen molar-refractivity contribution in [3.8, 4) is 0 Å². The summed E-state index contributed by atoms with van der Waals surface area (Å²) in [5.74, 6) is 0. The van der Waals surface area contributed by atoms with Crippen LogP contribution in [0.25, 0.3) is 0 Å². The number of hydrogen-bond donors (Lipinski definition) is 0. The molecule has 0 bridgehead atoms. The number of nitrogens with zero attached hydrogens (tertiary/aromatic N) is 1. The fourth-order valence-electron chi connectivity index (χ4n) is 5.25. The van der Waals surface area contributed by atoms with Gasteiger partial charge in [-0.25, -0.2) is 0 Å². The second-order valence-electron chi connectivity index (χ2n) is 9.12. The zero-order chi connectivity index (χ0) is 18.7. The van der Waals surface area contributed by atoms with Gasteiger partial charge in [-0.2, -0.15) is 0 Å². The quantitative estimate of drug-likeness (QED) is 0.590. The Labute approximate surface area is 172 Å². The topological polar surface area (TPSA) is 21.7 Å². The van der Waals surface area contributed by atoms with Gasteiger partial charge in [0.2, 0.25) is 0 Å². The predicted molar refractivity (Wildman–Crippen MR) is 113 cm³/mol. The molecule has 4 rings (SSSR count). The average Bonchev–Trinajstić information content (AvgIpc) is 3.29. The van der Waals surface area contributed by atoms with Crippen LogP contribution >= 0.6 is 15.9 Å². The third-order valence-corrected chi connectivity index (χ3v) is 7.49. The molecule has 2 saturated heterocycles. The van der Waals surface area contributed by atoms with Crippen molar-refractivity contribution in [2.75, 3.05) is 26.3 Å². The van der Waals surface area contributed by atoms with E-state index < -0.39 is 0 Å². The standard InChI is InChI=1S/C23H34BrNO2/c1-18-7-8-19(22(24)12-18)14-25(15-20-6-5-11-26-20)16-21-13-23(17-27-21)9-3-2-4-10-23/h7-8,12,20-21H,2-6,9-11,13-17H2,1H3. The SMILES string of the molecule is Cc1ccc(CN(CC2CCCO2)CC2CC3(CCCCC3)CO2)c(Br)c1. The third-order valence-electron chi connectivity index (χ3n) is 6.75. The number of benzene rings is 1. The molecule has 27 heavy (non-hydrogen) atoms. The van der Waals surface area contributed by atoms with Gasteiger partial charge in [0.25, 0.3) is 0 Å². The molecule has 0 radical (unpaired) electrons. The van der Waals surface area contributed by atoms with E-state index in [0.29, 0.717) is 17.6 Å². The van der Waals surface area contributed by atoms with Crippen LogP contribution in [0.2, 0.25) is 0 Å². The summed E-state index contributed by atoms with van der Waals surface area (Å²) in [6.07, 6.45) is 11.4. The van der Waals surface area contributed by atoms with Crippen LogP contribution in [0.15, 0.2) is 22.7 Å². The molecule has 3 aliphatic rings. The molecule has 0 amide bonds. The number of aryl methyl sites for hydroxylation is 1. The van der Waals surface area contributed by atoms with E-state index in [1.165, 1.54) is 67.0 Å². The molecule has 2 atom stereocenters. The van der Waals surface area contributed by atoms with Gasteiger partial charge in [0.1, 0.15) is 0 Å². The Morgan fingerprint density at radius 2 is 1.89 bits per heavy atom. The lowest BCUT2D eigenvalue weighted by atomic mass is 9.73. The van der Waals surface area contributed by atoms with E-state index in [2.05, 4.69) is 46.0 Å². The van der Waals surface area contributed by atoms with Crippen molar-refractivity contribution in [3.63, 3.8) is 0 Å². The third kappa shape index (κ3) is 5.14. The highest BCUT2D eigenvalue weighted by atomic mass is 79.9. The van der Waals surface area contributed by atoms with Gasteiger partial charge < -0.3 is 9.47 Å². The summed E-state index contributed by atoms with van der Waals surface area (Å²) in [5.41, 5.74) is 3.15. The van der Waals surface area contributed by atoms with Gasteiger partial charge in [-0.3, -0.25) is 4.90 Å². The fourth-order valence-corrected chi connectivity index (χ4v) is 5.87. The summed E-state index contributed by atoms with van der Waals surface area (Å²) in [5, 5.41) is 0. The van der Waals surface area contributed by atoms with Crippen molar-refractivity contribution in [2.24, 2.45) is 5.41 Å². The Kier molecular flexibility index (Phi) is 6.58. The van der Waals surface area contributed by atoms with E-state index in [9.17, 15) is 0 Å². The van der Waals surface area contributed by atoms with Gasteiger partial charge in [-0.15, -0.1) is 0 Å². The number of halogens is 1. The van der Waals surface area contributed by atoms with Gasteiger partial charge in [0.15, 0.2) is 0 Å². The summed E-state index contributed by atoms with van der Waals surface area (Å²) >= 11 is 3.77. The Balaban J connectivity index is 1.41. The summed E-state index contributed by atoms with van der Waals surface area (Å²) in [7, 11) is 0. The van der Waals surface area contributed by atoms with Gasteiger partial charge >= 0.3 is 0 Å². The molecule has 4 heteroatoms. The number of hydrogen-bond acceptors (Lipinski definition) is 3. The van der Waals surface area contributed by atoms with Gasteiger partial charge in [-0.1, -0.05) is 47.3 Å². The molecule has 1 saturated carbocycles. The van der Waals surface area contributed by atoms with Crippen LogP contribution in [0.5, 0.6) is 0 Å². The largest absolute Gasteiger partial charge is 0.377 e. The van der Waals surface area contributed by atoms with Gasteiger partial charge in [0.05, 0.1) is 18.8 Å². The van der Waals surface area contributed by atoms with E-state index in [1.807, 2.05) is 0 Å². The second kappa shape index (κ2) is 8.94. The van der Waals surface area contributed by atoms with Crippen LogP contribution in [-0.2, 0) is 16.0 Å². The summed E-state index contributed by atoms with van der Waals surface area (Å²) in [6.45, 7) is 7.08. The van der Waals surface area contributed by atoms with Crippen LogP contribution in [-0.4, -0.2) is 43.4 Å². The zero-order valence-corrected chi connectivity index (χ0v) is 18.3. The molecule has 150 valence electrons. The molecule has 3 nitrogen and oxygen atoms in total. The molecule has 2 aliphatic heterocycles. The Morgan fingerprint density at radius 3 is 2.63 bits per heavy atom. The van der Waals surface area contributed by atoms with Crippen LogP contribution in [0.1, 0.15) is 62.5 Å². The molecular formula is C23H34BrNO2. The maximum Gasteiger partial charge on any atom is 0.0708 e. The highest BCUT2D eigenvalue weighted by Crippen LogP contribution is 2.45. The highest BCUT2D eigenvalue weighted by Gasteiger charge is 2.41. The van der Waals surface area contributed by atoms with Gasteiger partial charge in [0, 0.05) is 30.7 Å². The van der Waals surface area contributed by atoms with Crippen molar-refractivity contribution < 1.29 is 9.47 Å². The molecule has 3 fully saturated rings. The average molecular weight is 436 g/mol. The lowest BCUT2D eigenvalue weighted by Gasteiger charge is -2.32. The first kappa shape index (κ1) is 19.9. The Hall–Kier alpha value is -0.420. The molecular weight excluding hydrogens is 402 g/mol. The van der Waals surface area contributed by atoms with E-state index in [1.54, 1.807) is 0 Å². The van der Waals surface area contributed by atoms with Crippen molar-refractivity contribution in [1.29, 1.82) is 0 Å². The minimum atomic E-state index is 0.383. The summed E-state index contributed by atoms with van der Waals surface area (Å²) in [4.78, 5) is 2.58. The first-order valence-corrected chi connectivity index (χ1v) is 11.6. The summed E-state index contributed by atoms with van der Waals surface area (Å²) in [6, 6.07) is 6.70. The molecule has 1 aliphatic carbocycles. The Morgan fingerprint density at radius 1 is 1.07 bits per heavy atom. The lowest BCUT2D eigenvalue weighted by molar-refractivity contribution is 0.0311. The van der Waals surface area contributed by atoms with Crippen LogP contribution < -0.4 is 0 Å². The minimum absolute atomic E-state index is 0.383. The fraction of sp³-hybridized carbons (Fsp3) is 0.739. The molecule has 0 N–H and O–H groups in total. The second-order valence-corrected chi connectivity index (χ2v) is 9.98. The monoisotopic (exact) mass is 435 g/mol. The van der Waals surface area contributed by atoms with Gasteiger partial charge in [-0.05, 0) is 61.6 Å². The van der Waals surface area contributed by atoms with Crippen molar-refractivity contribution >= 4 is 15.9 Å². The zero-order valence-electron chi connectivity index (χ0n) is 16.7. The predicted octanol–water partition coefficient (Wildman–Crippen LogP) is 5.48. The molecule has 1 aromatic rings. The minimum Gasteiger partial charge on any atom is -0.377 e. The molecule has 1 spiro atoms. The van der Waals surface area contributed by atoms with E-state index in [-0.39, 0.29) is 0 Å². The number of rotatable bonds is 6. The van der Waals surface area contributed by atoms with Crippen molar-refractivity contribution in [3.05, 3.63) is 33.8 Å². The number of ether oxygens (including phenoxy) is 2. The van der Waals surface area contributed by atoms with Crippen molar-refractivity contribution in [2.45, 2.75) is 77.0 Å². The molecule has 2 unspecified atom stereocenters. The maximum absolute atomic E-state index is 6.33. The normalized spacial score (nSPS) is 27.7. The van der Waals surface area contributed by atoms with Crippen molar-refractivity contribution in [1.82, 2.24) is 4.90 Å². The van der Waals surface area contributed by atoms with Crippen LogP contribution in [0.4, 0.5) is 0 Å². The molecule has 0 aromatic heterocycles. The molecule has 2 heterocycles. The summed E-state index contributed by atoms with van der Waals surface area (Å²) < 4.78 is 13.5. The lowest BCUT2D eigenvalue weighted by Crippen LogP contribution is -2.37. The smallest absolute Gasteiger partial charge is 0.0708 e. The maximum atomic E-state index is 6.33. The Bertz CT molecular complexity index is 623. The highest BCUT2D eigenvalue weighted by molar-refractivity contribution is 9.10. The van der Waals surface area contributed by atoms with E-state index in [4.69, 9.17) is 9.47 Å². The first-order valence-electron chi connectivity index (χ1n) is 10.8. The van der Waals surface area contributed by atoms with Crippen LogP contribution in [0, 0.1) is 12.3 Å². The van der Waals surface area contributed by atoms with E-state index >= 15 is 0 Å². The first-order chi connectivity index (χ1) is 13.1. The molecule has 1 aromatic carbocycles. The van der Waals surface area contributed by atoms with E-state index in [0.717, 1.165) is 32.8 Å².